The second-order valence-electron chi connectivity index (χ2n) is 8.86. The molecule has 0 saturated carbocycles. The molecule has 1 N–H and O–H groups in total. The Morgan fingerprint density at radius 3 is 2.56 bits per heavy atom. The molecule has 3 rings (SSSR count). The van der Waals surface area contributed by atoms with Gasteiger partial charge in [-0.3, -0.25) is 14.4 Å². The Balaban J connectivity index is 1.61. The van der Waals surface area contributed by atoms with Gasteiger partial charge in [0.05, 0.1) is 6.07 Å². The molecule has 0 spiro atoms. The second kappa shape index (κ2) is 11.7. The number of nitrogens with one attached hydrogen (secondary N) is 1. The van der Waals surface area contributed by atoms with Crippen molar-refractivity contribution in [2.75, 3.05) is 19.6 Å². The number of nitrogens with zero attached hydrogens (tertiary/aromatic N) is 3. The fourth-order valence-electron chi connectivity index (χ4n) is 4.72. The number of allylic oxidation sites excluding steroid dienone is 3. The summed E-state index contributed by atoms with van der Waals surface area (Å²) < 4.78 is 9.79. The number of hydrogen-bond acceptors (Lipinski definition) is 7. The van der Waals surface area contributed by atoms with Crippen LogP contribution in [0.4, 0.5) is 4.79 Å². The molecule has 184 valence electrons. The van der Waals surface area contributed by atoms with Crippen LogP contribution in [0.25, 0.3) is 0 Å². The molecule has 1 aliphatic carbocycles. The van der Waals surface area contributed by atoms with Crippen molar-refractivity contribution in [3.8, 4) is 6.07 Å². The van der Waals surface area contributed by atoms with Crippen molar-refractivity contribution in [2.45, 2.75) is 64.3 Å². The number of fused-ring (bicyclic) bond motifs is 1. The van der Waals surface area contributed by atoms with E-state index in [0.29, 0.717) is 38.4 Å². The number of piperidine rings is 1. The van der Waals surface area contributed by atoms with Gasteiger partial charge in [-0.15, -0.1) is 0 Å². The number of alkyl carbamates (subject to hydrolysis) is 1. The molecule has 2 saturated heterocycles. The zero-order chi connectivity index (χ0) is 24.7. The Bertz CT molecular complexity index is 894. The molecule has 34 heavy (non-hydrogen) atoms. The van der Waals surface area contributed by atoms with Crippen LogP contribution in [0, 0.1) is 23.2 Å². The van der Waals surface area contributed by atoms with Crippen molar-refractivity contribution >= 4 is 23.9 Å². The molecule has 3 aliphatic rings. The van der Waals surface area contributed by atoms with Crippen LogP contribution in [0.2, 0.25) is 0 Å². The average molecular weight is 473 g/mol. The van der Waals surface area contributed by atoms with Gasteiger partial charge in [-0.2, -0.15) is 5.26 Å². The molecule has 0 aromatic carbocycles. The van der Waals surface area contributed by atoms with E-state index in [0.717, 1.165) is 6.42 Å². The van der Waals surface area contributed by atoms with Crippen molar-refractivity contribution in [2.24, 2.45) is 11.8 Å². The smallest absolute Gasteiger partial charge is 0.410 e. The molecule has 3 amide bonds. The van der Waals surface area contributed by atoms with Crippen LogP contribution in [-0.2, 0) is 23.9 Å². The first kappa shape index (κ1) is 25.3. The van der Waals surface area contributed by atoms with E-state index in [1.54, 1.807) is 4.90 Å². The Kier molecular flexibility index (Phi) is 8.68. The minimum atomic E-state index is -1.13. The molecule has 5 atom stereocenters. The van der Waals surface area contributed by atoms with Crippen LogP contribution < -0.4 is 5.32 Å². The normalized spacial score (nSPS) is 25.0. The van der Waals surface area contributed by atoms with E-state index in [1.165, 1.54) is 18.7 Å². The zero-order valence-corrected chi connectivity index (χ0v) is 19.6. The topological polar surface area (TPSA) is 129 Å². The standard InChI is InChI=1S/C24H32N4O6/c1-16(29)33-17(2)34-24(32)26-21(23(31)28-12-5-8-20(28)14-25)9-10-22(30)27-13-11-18-6-3-4-7-19(18)15-27/h3-4,6-7,17-21H,5,8-13,15H2,1-2H3,(H,26,32)/t17?,18?,19?,20-,21-/m0/s1. The van der Waals surface area contributed by atoms with Crippen LogP contribution in [0.5, 0.6) is 0 Å². The molecule has 2 aliphatic heterocycles. The van der Waals surface area contributed by atoms with Gasteiger partial charge >= 0.3 is 12.1 Å². The number of nitriles is 1. The molecular weight excluding hydrogens is 440 g/mol. The molecule has 2 fully saturated rings. The lowest BCUT2D eigenvalue weighted by atomic mass is 9.82. The number of amides is 3. The Morgan fingerprint density at radius 1 is 1.12 bits per heavy atom. The van der Waals surface area contributed by atoms with Crippen LogP contribution in [0.15, 0.2) is 24.3 Å². The molecule has 0 aromatic heterocycles. The molecule has 0 aromatic rings. The molecule has 10 heteroatoms. The lowest BCUT2D eigenvalue weighted by molar-refractivity contribution is -0.162. The molecule has 0 radical (unpaired) electrons. The maximum atomic E-state index is 13.2. The average Bonchev–Trinajstić information content (AvgIpc) is 3.29. The largest absolute Gasteiger partial charge is 0.426 e. The summed E-state index contributed by atoms with van der Waals surface area (Å²) in [7, 11) is 0. The molecule has 2 heterocycles. The Hall–Kier alpha value is -3.35. The highest BCUT2D eigenvalue weighted by Crippen LogP contribution is 2.29. The molecule has 3 unspecified atom stereocenters. The fraction of sp³-hybridized carbons (Fsp3) is 0.625. The van der Waals surface area contributed by atoms with Gasteiger partial charge in [-0.25, -0.2) is 4.79 Å². The molecular formula is C24H32N4O6. The number of esters is 1. The first-order valence-electron chi connectivity index (χ1n) is 11.8. The zero-order valence-electron chi connectivity index (χ0n) is 19.6. The van der Waals surface area contributed by atoms with Crippen LogP contribution in [0.3, 0.4) is 0 Å². The van der Waals surface area contributed by atoms with E-state index in [1.807, 2.05) is 12.2 Å². The van der Waals surface area contributed by atoms with Gasteiger partial charge in [0, 0.05) is 45.8 Å². The van der Waals surface area contributed by atoms with E-state index in [2.05, 4.69) is 23.5 Å². The number of likely N-dealkylation sites (tertiary alicyclic amines) is 2. The summed E-state index contributed by atoms with van der Waals surface area (Å²) in [5.41, 5.74) is 0. The maximum absolute atomic E-state index is 13.2. The third kappa shape index (κ3) is 6.59. The summed E-state index contributed by atoms with van der Waals surface area (Å²) >= 11 is 0. The highest BCUT2D eigenvalue weighted by molar-refractivity contribution is 5.87. The highest BCUT2D eigenvalue weighted by Gasteiger charge is 2.35. The minimum absolute atomic E-state index is 0.0676. The highest BCUT2D eigenvalue weighted by atomic mass is 16.7. The van der Waals surface area contributed by atoms with Crippen LogP contribution >= 0.6 is 0 Å². The lowest BCUT2D eigenvalue weighted by Crippen LogP contribution is -2.51. The predicted molar refractivity (Wildman–Crippen MR) is 121 cm³/mol. The monoisotopic (exact) mass is 472 g/mol. The number of rotatable bonds is 7. The first-order valence-corrected chi connectivity index (χ1v) is 11.8. The second-order valence-corrected chi connectivity index (χ2v) is 8.86. The van der Waals surface area contributed by atoms with Crippen LogP contribution in [-0.4, -0.2) is 71.7 Å². The van der Waals surface area contributed by atoms with Gasteiger partial charge in [-0.05, 0) is 31.6 Å². The van der Waals surface area contributed by atoms with E-state index in [9.17, 15) is 24.4 Å². The summed E-state index contributed by atoms with van der Waals surface area (Å²) in [4.78, 5) is 52.7. The van der Waals surface area contributed by atoms with Crippen molar-refractivity contribution in [3.63, 3.8) is 0 Å². The number of hydrogen-bond donors (Lipinski definition) is 1. The van der Waals surface area contributed by atoms with Crippen molar-refractivity contribution in [1.29, 1.82) is 5.26 Å². The summed E-state index contributed by atoms with van der Waals surface area (Å²) in [6.07, 6.45) is 8.55. The van der Waals surface area contributed by atoms with Gasteiger partial charge < -0.3 is 24.6 Å². The Labute approximate surface area is 199 Å². The van der Waals surface area contributed by atoms with Gasteiger partial charge in [0.1, 0.15) is 12.1 Å². The third-order valence-electron chi connectivity index (χ3n) is 6.42. The predicted octanol–water partition coefficient (Wildman–Crippen LogP) is 1.88. The van der Waals surface area contributed by atoms with E-state index >= 15 is 0 Å². The fourth-order valence-corrected chi connectivity index (χ4v) is 4.72. The van der Waals surface area contributed by atoms with E-state index in [-0.39, 0.29) is 24.7 Å². The van der Waals surface area contributed by atoms with E-state index < -0.39 is 36.3 Å². The van der Waals surface area contributed by atoms with E-state index in [4.69, 9.17) is 9.47 Å². The van der Waals surface area contributed by atoms with Crippen molar-refractivity contribution < 1.29 is 28.7 Å². The number of carbonyl (C=O) groups is 4. The molecule has 0 bridgehead atoms. The number of ether oxygens (including phenoxy) is 2. The number of carbonyl (C=O) groups excluding carboxylic acids is 4. The van der Waals surface area contributed by atoms with Crippen LogP contribution in [0.1, 0.15) is 46.0 Å². The molecule has 10 nitrogen and oxygen atoms in total. The quantitative estimate of drug-likeness (QED) is 0.442. The first-order chi connectivity index (χ1) is 16.3. The maximum Gasteiger partial charge on any atom is 0.410 e. The van der Waals surface area contributed by atoms with Gasteiger partial charge in [0.15, 0.2) is 0 Å². The van der Waals surface area contributed by atoms with Gasteiger partial charge in [0.25, 0.3) is 0 Å². The Morgan fingerprint density at radius 2 is 1.85 bits per heavy atom. The summed E-state index contributed by atoms with van der Waals surface area (Å²) in [6, 6.07) is 0.518. The van der Waals surface area contributed by atoms with Gasteiger partial charge in [0.2, 0.25) is 18.1 Å². The van der Waals surface area contributed by atoms with Crippen molar-refractivity contribution in [3.05, 3.63) is 24.3 Å². The minimum Gasteiger partial charge on any atom is -0.426 e. The third-order valence-corrected chi connectivity index (χ3v) is 6.42. The SMILES string of the molecule is CC(=O)OC(C)OC(=O)N[C@@H](CCC(=O)N1CCC2C=CC=CC2C1)C(=O)N1CCC[C@H]1C#N. The van der Waals surface area contributed by atoms with Crippen molar-refractivity contribution in [1.82, 2.24) is 15.1 Å². The summed E-state index contributed by atoms with van der Waals surface area (Å²) in [6.45, 7) is 4.26. The lowest BCUT2D eigenvalue weighted by Gasteiger charge is -2.37. The van der Waals surface area contributed by atoms with Gasteiger partial charge in [-0.1, -0.05) is 24.3 Å². The summed E-state index contributed by atoms with van der Waals surface area (Å²) in [5, 5.41) is 11.9. The summed E-state index contributed by atoms with van der Waals surface area (Å²) in [5.74, 6) is -0.387.